The van der Waals surface area contributed by atoms with Crippen molar-refractivity contribution in [2.24, 2.45) is 0 Å². The molecule has 1 saturated heterocycles. The number of cyclic esters (lactones) is 1. The molecule has 0 aliphatic carbocycles. The second kappa shape index (κ2) is 6.48. The fourth-order valence-electron chi connectivity index (χ4n) is 2.43. The average molecular weight is 346 g/mol. The Kier molecular flexibility index (Phi) is 4.39. The van der Waals surface area contributed by atoms with Crippen LogP contribution in [0.3, 0.4) is 0 Å². The summed E-state index contributed by atoms with van der Waals surface area (Å²) in [5.41, 5.74) is 0.0341. The Morgan fingerprint density at radius 2 is 2.29 bits per heavy atom. The first kappa shape index (κ1) is 16.3. The molecule has 0 saturated carbocycles. The van der Waals surface area contributed by atoms with E-state index in [1.165, 1.54) is 22.8 Å². The minimum Gasteiger partial charge on any atom is -0.478 e. The van der Waals surface area contributed by atoms with E-state index in [2.05, 4.69) is 11.6 Å². The third-order valence-corrected chi connectivity index (χ3v) is 4.85. The van der Waals surface area contributed by atoms with Crippen molar-refractivity contribution in [2.75, 3.05) is 6.61 Å². The van der Waals surface area contributed by atoms with Crippen LogP contribution in [-0.4, -0.2) is 38.5 Å². The van der Waals surface area contributed by atoms with Crippen LogP contribution in [0, 0.1) is 0 Å². The summed E-state index contributed by atoms with van der Waals surface area (Å²) in [6, 6.07) is 4.17. The van der Waals surface area contributed by atoms with Crippen molar-refractivity contribution in [3.8, 4) is 0 Å². The van der Waals surface area contributed by atoms with E-state index in [0.29, 0.717) is 23.6 Å². The number of allylic oxidation sites excluding steroid dienone is 1. The smallest absolute Gasteiger partial charge is 0.335 e. The molecule has 1 aromatic carbocycles. The summed E-state index contributed by atoms with van der Waals surface area (Å²) in [7, 11) is 0. The van der Waals surface area contributed by atoms with Gasteiger partial charge in [-0.3, -0.25) is 14.2 Å². The molecule has 0 bridgehead atoms. The highest BCUT2D eigenvalue weighted by atomic mass is 32.2. The normalized spacial score (nSPS) is 17.0. The number of fused-ring (bicyclic) bond motifs is 1. The van der Waals surface area contributed by atoms with E-state index in [4.69, 9.17) is 9.84 Å². The molecule has 2 heterocycles. The SMILES string of the molecule is C=CCn1c(S[C@@H]2CCOC2=O)nc2cc(C(=O)O)ccc2c1=O. The topological polar surface area (TPSA) is 98.5 Å². The highest BCUT2D eigenvalue weighted by Crippen LogP contribution is 2.28. The van der Waals surface area contributed by atoms with Crippen molar-refractivity contribution in [2.45, 2.75) is 23.4 Å². The van der Waals surface area contributed by atoms with Gasteiger partial charge in [-0.25, -0.2) is 9.78 Å². The Labute approximate surface area is 141 Å². The summed E-state index contributed by atoms with van der Waals surface area (Å²) in [5, 5.41) is 9.34. The van der Waals surface area contributed by atoms with Gasteiger partial charge in [-0.1, -0.05) is 17.8 Å². The number of hydrogen-bond acceptors (Lipinski definition) is 6. The molecule has 1 atom stereocenters. The predicted octanol–water partition coefficient (Wildman–Crippen LogP) is 1.69. The van der Waals surface area contributed by atoms with Crippen molar-refractivity contribution >= 4 is 34.6 Å². The van der Waals surface area contributed by atoms with Crippen LogP contribution in [0.15, 0.2) is 40.8 Å². The molecule has 1 aliphatic heterocycles. The van der Waals surface area contributed by atoms with Crippen LogP contribution in [-0.2, 0) is 16.1 Å². The van der Waals surface area contributed by atoms with Gasteiger partial charge in [0, 0.05) is 13.0 Å². The first-order chi connectivity index (χ1) is 11.5. The zero-order valence-corrected chi connectivity index (χ0v) is 13.4. The van der Waals surface area contributed by atoms with Gasteiger partial charge in [0.25, 0.3) is 5.56 Å². The molecule has 1 fully saturated rings. The molecule has 0 radical (unpaired) electrons. The number of hydrogen-bond donors (Lipinski definition) is 1. The quantitative estimate of drug-likeness (QED) is 0.500. The van der Waals surface area contributed by atoms with E-state index in [1.54, 1.807) is 6.08 Å². The van der Waals surface area contributed by atoms with Crippen molar-refractivity contribution in [3.63, 3.8) is 0 Å². The lowest BCUT2D eigenvalue weighted by Crippen LogP contribution is -2.24. The monoisotopic (exact) mass is 346 g/mol. The fraction of sp³-hybridized carbons (Fsp3) is 0.250. The minimum absolute atomic E-state index is 0.0482. The zero-order chi connectivity index (χ0) is 17.3. The number of thioether (sulfide) groups is 1. The van der Waals surface area contributed by atoms with Crippen LogP contribution in [0.5, 0.6) is 0 Å². The van der Waals surface area contributed by atoms with Crippen molar-refractivity contribution in [3.05, 3.63) is 46.8 Å². The molecule has 3 rings (SSSR count). The second-order valence-electron chi connectivity index (χ2n) is 5.20. The highest BCUT2D eigenvalue weighted by Gasteiger charge is 2.29. The first-order valence-corrected chi connectivity index (χ1v) is 8.11. The third-order valence-electron chi connectivity index (χ3n) is 3.61. The predicted molar refractivity (Wildman–Crippen MR) is 88.4 cm³/mol. The standard InChI is InChI=1S/C16H14N2O5S/c1-2-6-18-13(19)10-4-3-9(14(20)21)8-11(10)17-16(18)24-12-5-7-23-15(12)22/h2-4,8,12H,1,5-7H2,(H,20,21)/t12-/m1/s1. The summed E-state index contributed by atoms with van der Waals surface area (Å²) in [5.74, 6) is -1.43. The number of carbonyl (C=O) groups excluding carboxylic acids is 1. The van der Waals surface area contributed by atoms with E-state index < -0.39 is 11.2 Å². The average Bonchev–Trinajstić information content (AvgIpc) is 2.95. The number of esters is 1. The lowest BCUT2D eigenvalue weighted by atomic mass is 10.1. The summed E-state index contributed by atoms with van der Waals surface area (Å²) in [6.45, 7) is 4.23. The van der Waals surface area contributed by atoms with Gasteiger partial charge in [0.05, 0.1) is 23.1 Å². The van der Waals surface area contributed by atoms with Gasteiger partial charge in [0.1, 0.15) is 5.25 Å². The van der Waals surface area contributed by atoms with Gasteiger partial charge in [0.15, 0.2) is 5.16 Å². The Balaban J connectivity index is 2.15. The highest BCUT2D eigenvalue weighted by molar-refractivity contribution is 8.00. The number of ether oxygens (including phenoxy) is 1. The Hall–Kier alpha value is -2.61. The summed E-state index contributed by atoms with van der Waals surface area (Å²) in [4.78, 5) is 39.9. The lowest BCUT2D eigenvalue weighted by Gasteiger charge is -2.13. The van der Waals surface area contributed by atoms with Gasteiger partial charge in [-0.2, -0.15) is 0 Å². The minimum atomic E-state index is -1.09. The van der Waals surface area contributed by atoms with Crippen molar-refractivity contribution in [1.82, 2.24) is 9.55 Å². The van der Waals surface area contributed by atoms with Gasteiger partial charge in [-0.15, -0.1) is 6.58 Å². The van der Waals surface area contributed by atoms with Gasteiger partial charge in [-0.05, 0) is 18.2 Å². The third kappa shape index (κ3) is 2.92. The zero-order valence-electron chi connectivity index (χ0n) is 12.6. The number of carboxylic acids is 1. The van der Waals surface area contributed by atoms with Crippen LogP contribution in [0.25, 0.3) is 10.9 Å². The molecule has 0 spiro atoms. The van der Waals surface area contributed by atoms with E-state index >= 15 is 0 Å². The molecule has 1 aliphatic rings. The number of nitrogens with zero attached hydrogens (tertiary/aromatic N) is 2. The molecule has 8 heteroatoms. The largest absolute Gasteiger partial charge is 0.478 e. The van der Waals surface area contributed by atoms with Crippen molar-refractivity contribution in [1.29, 1.82) is 0 Å². The van der Waals surface area contributed by atoms with E-state index in [9.17, 15) is 14.4 Å². The molecule has 2 aromatic rings. The number of aromatic nitrogens is 2. The van der Waals surface area contributed by atoms with E-state index in [-0.39, 0.29) is 29.2 Å². The summed E-state index contributed by atoms with van der Waals surface area (Å²) < 4.78 is 6.36. The Morgan fingerprint density at radius 1 is 1.50 bits per heavy atom. The number of aromatic carboxylic acids is 1. The van der Waals surface area contributed by atoms with Crippen LogP contribution in [0.4, 0.5) is 0 Å². The number of rotatable bonds is 5. The fourth-order valence-corrected chi connectivity index (χ4v) is 3.49. The number of carboxylic acid groups (broad SMARTS) is 1. The van der Waals surface area contributed by atoms with Crippen LogP contribution >= 0.6 is 11.8 Å². The van der Waals surface area contributed by atoms with Crippen LogP contribution in [0.1, 0.15) is 16.8 Å². The van der Waals surface area contributed by atoms with E-state index in [1.807, 2.05) is 0 Å². The van der Waals surface area contributed by atoms with Gasteiger partial charge in [0.2, 0.25) is 0 Å². The molecule has 0 amide bonds. The van der Waals surface area contributed by atoms with Crippen molar-refractivity contribution < 1.29 is 19.4 Å². The molecular formula is C16H14N2O5S. The maximum Gasteiger partial charge on any atom is 0.335 e. The number of carbonyl (C=O) groups is 2. The molecular weight excluding hydrogens is 332 g/mol. The molecule has 0 unspecified atom stereocenters. The maximum absolute atomic E-state index is 12.7. The van der Waals surface area contributed by atoms with E-state index in [0.717, 1.165) is 11.8 Å². The first-order valence-electron chi connectivity index (χ1n) is 7.23. The molecule has 24 heavy (non-hydrogen) atoms. The lowest BCUT2D eigenvalue weighted by molar-refractivity contribution is -0.137. The number of benzene rings is 1. The Bertz CT molecular complexity index is 905. The molecule has 1 N–H and O–H groups in total. The van der Waals surface area contributed by atoms with Gasteiger partial charge >= 0.3 is 11.9 Å². The van der Waals surface area contributed by atoms with Crippen LogP contribution < -0.4 is 5.56 Å². The summed E-state index contributed by atoms with van der Waals surface area (Å²) in [6.07, 6.45) is 2.11. The Morgan fingerprint density at radius 3 is 2.92 bits per heavy atom. The molecule has 7 nitrogen and oxygen atoms in total. The molecule has 124 valence electrons. The van der Waals surface area contributed by atoms with Crippen LogP contribution in [0.2, 0.25) is 0 Å². The van der Waals surface area contributed by atoms with Gasteiger partial charge < -0.3 is 9.84 Å². The molecule has 1 aromatic heterocycles. The maximum atomic E-state index is 12.7. The second-order valence-corrected chi connectivity index (χ2v) is 6.37. The summed E-state index contributed by atoms with van der Waals surface area (Å²) >= 11 is 1.15.